The molecule has 2 aromatic carbocycles. The molecule has 1 N–H and O–H groups in total. The second-order valence-electron chi connectivity index (χ2n) is 5.39. The van der Waals surface area contributed by atoms with E-state index in [9.17, 15) is 22.8 Å². The number of benzene rings is 2. The van der Waals surface area contributed by atoms with Gasteiger partial charge in [-0.2, -0.15) is 13.2 Å². The van der Waals surface area contributed by atoms with Gasteiger partial charge in [0, 0.05) is 5.56 Å². The number of Topliss-reactive ketones (excluding diaryl/α,β-unsaturated/α-hetero) is 1. The molecular formula is C18H15F3O4. The van der Waals surface area contributed by atoms with E-state index >= 15 is 0 Å². The van der Waals surface area contributed by atoms with Crippen LogP contribution in [0.4, 0.5) is 13.2 Å². The summed E-state index contributed by atoms with van der Waals surface area (Å²) in [5.41, 5.74) is -0.400. The van der Waals surface area contributed by atoms with E-state index < -0.39 is 29.1 Å². The van der Waals surface area contributed by atoms with Gasteiger partial charge in [0.05, 0.1) is 12.0 Å². The van der Waals surface area contributed by atoms with Crippen molar-refractivity contribution in [3.05, 3.63) is 64.7 Å². The van der Waals surface area contributed by atoms with Crippen LogP contribution in [-0.2, 0) is 24.0 Å². The Morgan fingerprint density at radius 1 is 1.08 bits per heavy atom. The number of carbonyl (C=O) groups excluding carboxylic acids is 1. The molecule has 4 nitrogen and oxygen atoms in total. The van der Waals surface area contributed by atoms with Gasteiger partial charge in [-0.1, -0.05) is 24.3 Å². The van der Waals surface area contributed by atoms with Crippen LogP contribution in [0, 0.1) is 0 Å². The standard InChI is InChI=1S/C18H15F3O4/c1-11(22)15-7-6-14(9-16(15)18(19,20)21)25-10-13-5-3-2-4-12(13)8-17(23)24/h2-7,9H,8,10H2,1H3,(H,23,24). The number of ether oxygens (including phenoxy) is 1. The zero-order valence-corrected chi connectivity index (χ0v) is 13.3. The Kier molecular flexibility index (Phi) is 5.46. The number of ketones is 1. The number of rotatable bonds is 6. The van der Waals surface area contributed by atoms with Crippen LogP contribution in [0.1, 0.15) is 34.0 Å². The maximum atomic E-state index is 13.1. The summed E-state index contributed by atoms with van der Waals surface area (Å²) >= 11 is 0. The van der Waals surface area contributed by atoms with Crippen LogP contribution in [0.15, 0.2) is 42.5 Å². The van der Waals surface area contributed by atoms with Gasteiger partial charge >= 0.3 is 12.1 Å². The van der Waals surface area contributed by atoms with Gasteiger partial charge < -0.3 is 9.84 Å². The van der Waals surface area contributed by atoms with E-state index in [0.717, 1.165) is 19.1 Å². The molecule has 25 heavy (non-hydrogen) atoms. The fourth-order valence-electron chi connectivity index (χ4n) is 2.35. The largest absolute Gasteiger partial charge is 0.489 e. The SMILES string of the molecule is CC(=O)c1ccc(OCc2ccccc2CC(=O)O)cc1C(F)(F)F. The summed E-state index contributed by atoms with van der Waals surface area (Å²) in [5, 5.41) is 8.89. The number of carboxylic acid groups (broad SMARTS) is 1. The van der Waals surface area contributed by atoms with Gasteiger partial charge in [0.25, 0.3) is 0 Å². The molecule has 2 rings (SSSR count). The Balaban J connectivity index is 2.25. The molecule has 0 bridgehead atoms. The van der Waals surface area contributed by atoms with E-state index in [-0.39, 0.29) is 18.8 Å². The molecule has 0 spiro atoms. The van der Waals surface area contributed by atoms with E-state index in [1.54, 1.807) is 24.3 Å². The van der Waals surface area contributed by atoms with Gasteiger partial charge in [0.15, 0.2) is 5.78 Å². The summed E-state index contributed by atoms with van der Waals surface area (Å²) in [6.45, 7) is 0.980. The highest BCUT2D eigenvalue weighted by molar-refractivity contribution is 5.95. The molecule has 0 radical (unpaired) electrons. The molecule has 0 aromatic heterocycles. The first-order valence-corrected chi connectivity index (χ1v) is 7.32. The highest BCUT2D eigenvalue weighted by Crippen LogP contribution is 2.34. The maximum Gasteiger partial charge on any atom is 0.417 e. The van der Waals surface area contributed by atoms with Crippen LogP contribution in [0.3, 0.4) is 0 Å². The van der Waals surface area contributed by atoms with Gasteiger partial charge in [-0.3, -0.25) is 9.59 Å². The van der Waals surface area contributed by atoms with E-state index in [0.29, 0.717) is 11.1 Å². The molecule has 0 heterocycles. The molecule has 0 aliphatic rings. The van der Waals surface area contributed by atoms with Crippen molar-refractivity contribution < 1.29 is 32.6 Å². The highest BCUT2D eigenvalue weighted by Gasteiger charge is 2.35. The number of hydrogen-bond donors (Lipinski definition) is 1. The van der Waals surface area contributed by atoms with Crippen molar-refractivity contribution in [2.45, 2.75) is 26.1 Å². The fraction of sp³-hybridized carbons (Fsp3) is 0.222. The van der Waals surface area contributed by atoms with Crippen LogP contribution in [0.5, 0.6) is 5.75 Å². The number of alkyl halides is 3. The summed E-state index contributed by atoms with van der Waals surface area (Å²) < 4.78 is 44.6. The van der Waals surface area contributed by atoms with E-state index in [4.69, 9.17) is 9.84 Å². The average molecular weight is 352 g/mol. The fourth-order valence-corrected chi connectivity index (χ4v) is 2.35. The molecule has 2 aromatic rings. The van der Waals surface area contributed by atoms with Crippen molar-refractivity contribution >= 4 is 11.8 Å². The molecule has 0 amide bonds. The zero-order valence-electron chi connectivity index (χ0n) is 13.3. The highest BCUT2D eigenvalue weighted by atomic mass is 19.4. The predicted molar refractivity (Wildman–Crippen MR) is 83.6 cm³/mol. The average Bonchev–Trinajstić information content (AvgIpc) is 2.52. The number of carbonyl (C=O) groups is 2. The normalized spacial score (nSPS) is 11.2. The van der Waals surface area contributed by atoms with Gasteiger partial charge in [-0.25, -0.2) is 0 Å². The van der Waals surface area contributed by atoms with Crippen LogP contribution in [0.25, 0.3) is 0 Å². The Bertz CT molecular complexity index is 797. The summed E-state index contributed by atoms with van der Waals surface area (Å²) in [6.07, 6.45) is -4.89. The third kappa shape index (κ3) is 4.82. The lowest BCUT2D eigenvalue weighted by molar-refractivity contribution is -0.138. The first-order chi connectivity index (χ1) is 11.7. The van der Waals surface area contributed by atoms with Crippen molar-refractivity contribution in [2.24, 2.45) is 0 Å². The van der Waals surface area contributed by atoms with Gasteiger partial charge in [0.2, 0.25) is 0 Å². The van der Waals surface area contributed by atoms with Gasteiger partial charge in [-0.05, 0) is 36.2 Å². The Morgan fingerprint density at radius 2 is 1.72 bits per heavy atom. The molecule has 7 heteroatoms. The van der Waals surface area contributed by atoms with Crippen molar-refractivity contribution in [3.8, 4) is 5.75 Å². The second-order valence-corrected chi connectivity index (χ2v) is 5.39. The summed E-state index contributed by atoms with van der Waals surface area (Å²) in [6, 6.07) is 9.75. The molecule has 0 aliphatic carbocycles. The lowest BCUT2D eigenvalue weighted by Crippen LogP contribution is -2.12. The zero-order chi connectivity index (χ0) is 18.6. The van der Waals surface area contributed by atoms with E-state index in [1.165, 1.54) is 6.07 Å². The van der Waals surface area contributed by atoms with Gasteiger partial charge in [-0.15, -0.1) is 0 Å². The molecule has 0 saturated carbocycles. The number of aliphatic carboxylic acids is 1. The topological polar surface area (TPSA) is 63.6 Å². The van der Waals surface area contributed by atoms with Crippen molar-refractivity contribution in [2.75, 3.05) is 0 Å². The molecular weight excluding hydrogens is 337 g/mol. The molecule has 132 valence electrons. The Hall–Kier alpha value is -2.83. The predicted octanol–water partition coefficient (Wildman–Crippen LogP) is 4.11. The summed E-state index contributed by atoms with van der Waals surface area (Å²) in [7, 11) is 0. The molecule has 0 unspecified atom stereocenters. The number of carboxylic acids is 1. The number of halogens is 3. The van der Waals surface area contributed by atoms with Crippen LogP contribution < -0.4 is 4.74 Å². The molecule has 0 aliphatic heterocycles. The number of hydrogen-bond acceptors (Lipinski definition) is 3. The minimum Gasteiger partial charge on any atom is -0.489 e. The minimum atomic E-state index is -4.68. The third-order valence-corrected chi connectivity index (χ3v) is 3.53. The van der Waals surface area contributed by atoms with E-state index in [2.05, 4.69) is 0 Å². The van der Waals surface area contributed by atoms with Crippen LogP contribution >= 0.6 is 0 Å². The van der Waals surface area contributed by atoms with Crippen LogP contribution in [-0.4, -0.2) is 16.9 Å². The quantitative estimate of drug-likeness (QED) is 0.795. The third-order valence-electron chi connectivity index (χ3n) is 3.53. The Labute approximate surface area is 141 Å². The smallest absolute Gasteiger partial charge is 0.417 e. The van der Waals surface area contributed by atoms with Crippen molar-refractivity contribution in [3.63, 3.8) is 0 Å². The molecule has 0 fully saturated rings. The molecule has 0 atom stereocenters. The maximum absolute atomic E-state index is 13.1. The van der Waals surface area contributed by atoms with Crippen LogP contribution in [0.2, 0.25) is 0 Å². The first kappa shape index (κ1) is 18.5. The lowest BCUT2D eigenvalue weighted by Gasteiger charge is -2.14. The van der Waals surface area contributed by atoms with E-state index in [1.807, 2.05) is 0 Å². The van der Waals surface area contributed by atoms with Gasteiger partial charge in [0.1, 0.15) is 12.4 Å². The Morgan fingerprint density at radius 3 is 2.28 bits per heavy atom. The van der Waals surface area contributed by atoms with Crippen molar-refractivity contribution in [1.29, 1.82) is 0 Å². The minimum absolute atomic E-state index is 0.0533. The second kappa shape index (κ2) is 7.38. The first-order valence-electron chi connectivity index (χ1n) is 7.32. The summed E-state index contributed by atoms with van der Waals surface area (Å²) in [4.78, 5) is 22.2. The monoisotopic (exact) mass is 352 g/mol. The summed E-state index contributed by atoms with van der Waals surface area (Å²) in [5.74, 6) is -1.76. The molecule has 0 saturated heterocycles. The lowest BCUT2D eigenvalue weighted by atomic mass is 10.0. The van der Waals surface area contributed by atoms with Crippen molar-refractivity contribution in [1.82, 2.24) is 0 Å².